The molecule has 0 saturated heterocycles. The molecule has 0 aliphatic rings. The molecule has 0 spiro atoms. The third-order valence-corrected chi connectivity index (χ3v) is 5.91. The summed E-state index contributed by atoms with van der Waals surface area (Å²) in [7, 11) is 0. The molecule has 0 radical (unpaired) electrons. The monoisotopic (exact) mass is 503 g/mol. The number of carbonyl (C=O) groups is 3. The van der Waals surface area contributed by atoms with E-state index < -0.39 is 29.7 Å². The van der Waals surface area contributed by atoms with E-state index in [0.29, 0.717) is 24.3 Å². The van der Waals surface area contributed by atoms with Gasteiger partial charge in [-0.25, -0.2) is 4.79 Å². The number of unbranched alkanes of at least 4 members (excludes halogenated alkanes) is 2. The molecular weight excluding hydrogens is 462 g/mol. The van der Waals surface area contributed by atoms with Crippen molar-refractivity contribution in [2.75, 3.05) is 18.6 Å². The van der Waals surface area contributed by atoms with Gasteiger partial charge in [0.2, 0.25) is 5.91 Å². The second-order valence-electron chi connectivity index (χ2n) is 9.31. The largest absolute Gasteiger partial charge is 0.444 e. The van der Waals surface area contributed by atoms with E-state index in [0.717, 1.165) is 36.1 Å². The van der Waals surface area contributed by atoms with Crippen molar-refractivity contribution in [3.63, 3.8) is 0 Å². The van der Waals surface area contributed by atoms with E-state index in [2.05, 4.69) is 23.6 Å². The lowest BCUT2D eigenvalue weighted by Crippen LogP contribution is -2.51. The summed E-state index contributed by atoms with van der Waals surface area (Å²) in [6.07, 6.45) is 11.1. The standard InChI is InChI=1S/C27H41N3O4S/c1-8-11-12-18-28-24(31)23(21-15-13-20(9-2)14-16-21)30(10-3)25(32)22(17-19-35-7)29-26(33)34-27(4,5)6/h3,13-16,22-23H,8-9,11-12,17-19H2,1-2,4-7H3,(H,28,31)(H,29,33). The first kappa shape index (κ1) is 30.4. The van der Waals surface area contributed by atoms with Crippen LogP contribution in [0.15, 0.2) is 24.3 Å². The summed E-state index contributed by atoms with van der Waals surface area (Å²) in [5.74, 6) is -0.262. The number of nitrogens with one attached hydrogen (secondary N) is 2. The summed E-state index contributed by atoms with van der Waals surface area (Å²) in [6, 6.07) is 7.97. The Labute approximate surface area is 215 Å². The molecule has 0 saturated carbocycles. The summed E-state index contributed by atoms with van der Waals surface area (Å²) in [4.78, 5) is 40.5. The molecule has 7 nitrogen and oxygen atoms in total. The van der Waals surface area contributed by atoms with Gasteiger partial charge in [-0.2, -0.15) is 11.8 Å². The predicted octanol–water partition coefficient (Wildman–Crippen LogP) is 4.66. The lowest BCUT2D eigenvalue weighted by molar-refractivity contribution is -0.138. The second kappa shape index (κ2) is 15.4. The van der Waals surface area contributed by atoms with Crippen LogP contribution in [0, 0.1) is 12.5 Å². The van der Waals surface area contributed by atoms with E-state index in [4.69, 9.17) is 11.2 Å². The molecule has 1 aromatic rings. The molecule has 1 rings (SSSR count). The number of thioether (sulfide) groups is 1. The average Bonchev–Trinajstić information content (AvgIpc) is 2.81. The summed E-state index contributed by atoms with van der Waals surface area (Å²) < 4.78 is 5.35. The fraction of sp³-hybridized carbons (Fsp3) is 0.593. The minimum Gasteiger partial charge on any atom is -0.444 e. The molecule has 0 aromatic heterocycles. The van der Waals surface area contributed by atoms with Gasteiger partial charge in [0.05, 0.1) is 0 Å². The minimum atomic E-state index is -1.02. The number of alkyl carbamates (subject to hydrolysis) is 1. The van der Waals surface area contributed by atoms with Gasteiger partial charge in [-0.05, 0) is 63.2 Å². The van der Waals surface area contributed by atoms with E-state index in [1.807, 2.05) is 37.4 Å². The molecule has 2 N–H and O–H groups in total. The highest BCUT2D eigenvalue weighted by molar-refractivity contribution is 7.98. The van der Waals surface area contributed by atoms with Crippen LogP contribution in [0.5, 0.6) is 0 Å². The van der Waals surface area contributed by atoms with Crippen LogP contribution in [-0.2, 0) is 20.7 Å². The Kier molecular flexibility index (Phi) is 13.3. The smallest absolute Gasteiger partial charge is 0.408 e. The average molecular weight is 504 g/mol. The molecule has 194 valence electrons. The Morgan fingerprint density at radius 1 is 1.14 bits per heavy atom. The predicted molar refractivity (Wildman–Crippen MR) is 143 cm³/mol. The third-order valence-electron chi connectivity index (χ3n) is 5.27. The molecule has 2 atom stereocenters. The van der Waals surface area contributed by atoms with Crippen LogP contribution in [0.4, 0.5) is 4.79 Å². The van der Waals surface area contributed by atoms with Crippen LogP contribution in [-0.4, -0.2) is 53.0 Å². The zero-order valence-corrected chi connectivity index (χ0v) is 22.8. The Bertz CT molecular complexity index is 859. The number of rotatable bonds is 13. The Hall–Kier alpha value is -2.66. The van der Waals surface area contributed by atoms with Crippen molar-refractivity contribution < 1.29 is 19.1 Å². The Balaban J connectivity index is 3.27. The highest BCUT2D eigenvalue weighted by Gasteiger charge is 2.35. The topological polar surface area (TPSA) is 87.7 Å². The van der Waals surface area contributed by atoms with Crippen LogP contribution in [0.2, 0.25) is 0 Å². The molecule has 0 bridgehead atoms. The molecule has 0 fully saturated rings. The van der Waals surface area contributed by atoms with E-state index in [-0.39, 0.29) is 5.91 Å². The second-order valence-corrected chi connectivity index (χ2v) is 10.3. The molecule has 8 heteroatoms. The van der Waals surface area contributed by atoms with Gasteiger partial charge in [-0.3, -0.25) is 14.5 Å². The number of terminal acetylenes is 1. The number of hydrogen-bond acceptors (Lipinski definition) is 5. The number of nitrogens with zero attached hydrogens (tertiary/aromatic N) is 1. The molecule has 3 amide bonds. The number of benzene rings is 1. The number of amides is 3. The van der Waals surface area contributed by atoms with Gasteiger partial charge in [0, 0.05) is 12.6 Å². The van der Waals surface area contributed by atoms with Gasteiger partial charge in [-0.1, -0.05) is 57.4 Å². The fourth-order valence-corrected chi connectivity index (χ4v) is 3.88. The van der Waals surface area contributed by atoms with E-state index >= 15 is 0 Å². The van der Waals surface area contributed by atoms with Crippen LogP contribution in [0.3, 0.4) is 0 Å². The summed E-state index contributed by atoms with van der Waals surface area (Å²) in [5, 5.41) is 5.58. The number of aryl methyl sites for hydroxylation is 1. The Morgan fingerprint density at radius 3 is 2.31 bits per heavy atom. The molecule has 1 aromatic carbocycles. The first-order chi connectivity index (χ1) is 16.6. The zero-order chi connectivity index (χ0) is 26.4. The van der Waals surface area contributed by atoms with Crippen LogP contribution < -0.4 is 10.6 Å². The Morgan fingerprint density at radius 2 is 1.80 bits per heavy atom. The van der Waals surface area contributed by atoms with E-state index in [9.17, 15) is 14.4 Å². The lowest BCUT2D eigenvalue weighted by Gasteiger charge is -2.30. The molecule has 0 aliphatic carbocycles. The maximum Gasteiger partial charge on any atom is 0.408 e. The molecule has 0 aliphatic heterocycles. The van der Waals surface area contributed by atoms with E-state index in [1.165, 1.54) is 0 Å². The number of carbonyl (C=O) groups excluding carboxylic acids is 3. The molecule has 35 heavy (non-hydrogen) atoms. The summed E-state index contributed by atoms with van der Waals surface area (Å²) in [6.45, 7) is 9.87. The van der Waals surface area contributed by atoms with Gasteiger partial charge >= 0.3 is 6.09 Å². The van der Waals surface area contributed by atoms with Gasteiger partial charge in [0.25, 0.3) is 5.91 Å². The highest BCUT2D eigenvalue weighted by atomic mass is 32.2. The summed E-state index contributed by atoms with van der Waals surface area (Å²) >= 11 is 1.54. The maximum absolute atomic E-state index is 13.6. The van der Waals surface area contributed by atoms with Crippen molar-refractivity contribution in [1.82, 2.24) is 15.5 Å². The quantitative estimate of drug-likeness (QED) is 0.232. The van der Waals surface area contributed by atoms with Crippen LogP contribution in [0.25, 0.3) is 0 Å². The number of hydrogen-bond donors (Lipinski definition) is 2. The maximum atomic E-state index is 13.6. The molecular formula is C27H41N3O4S. The van der Waals surface area contributed by atoms with Crippen molar-refractivity contribution in [2.45, 2.75) is 84.4 Å². The first-order valence-corrected chi connectivity index (χ1v) is 13.6. The SMILES string of the molecule is C#CN(C(=O)C(CCSC)NC(=O)OC(C)(C)C)C(C(=O)NCCCCC)c1ccc(CC)cc1. The van der Waals surface area contributed by atoms with Gasteiger partial charge < -0.3 is 15.4 Å². The van der Waals surface area contributed by atoms with E-state index in [1.54, 1.807) is 32.5 Å². The molecule has 2 unspecified atom stereocenters. The third kappa shape index (κ3) is 10.6. The lowest BCUT2D eigenvalue weighted by atomic mass is 10.0. The van der Waals surface area contributed by atoms with Gasteiger partial charge in [0.15, 0.2) is 0 Å². The van der Waals surface area contributed by atoms with Crippen molar-refractivity contribution in [2.24, 2.45) is 0 Å². The summed E-state index contributed by atoms with van der Waals surface area (Å²) in [5.41, 5.74) is 1.01. The van der Waals surface area contributed by atoms with Gasteiger partial charge in [0.1, 0.15) is 17.7 Å². The van der Waals surface area contributed by atoms with Gasteiger partial charge in [-0.15, -0.1) is 0 Å². The van der Waals surface area contributed by atoms with Crippen molar-refractivity contribution in [3.8, 4) is 12.5 Å². The van der Waals surface area contributed by atoms with Crippen LogP contribution in [0.1, 0.15) is 77.5 Å². The highest BCUT2D eigenvalue weighted by Crippen LogP contribution is 2.23. The zero-order valence-electron chi connectivity index (χ0n) is 22.0. The van der Waals surface area contributed by atoms with Crippen LogP contribution >= 0.6 is 11.8 Å². The number of ether oxygens (including phenoxy) is 1. The normalized spacial score (nSPS) is 12.7. The van der Waals surface area contributed by atoms with Crippen molar-refractivity contribution >= 4 is 29.7 Å². The molecule has 0 heterocycles. The minimum absolute atomic E-state index is 0.344. The van der Waals surface area contributed by atoms with Crippen molar-refractivity contribution in [3.05, 3.63) is 35.4 Å². The fourth-order valence-electron chi connectivity index (χ4n) is 3.41. The first-order valence-electron chi connectivity index (χ1n) is 12.2. The van der Waals surface area contributed by atoms with Crippen molar-refractivity contribution in [1.29, 1.82) is 0 Å².